The average molecular weight is 450 g/mol. The Hall–Kier alpha value is -2.44. The molecular formula is C27H31NO5. The molecule has 3 heterocycles. The maximum absolute atomic E-state index is 14.1. The number of hydrogen-bond donors (Lipinski definition) is 1. The van der Waals surface area contributed by atoms with E-state index in [9.17, 15) is 14.7 Å². The highest BCUT2D eigenvalue weighted by molar-refractivity contribution is 6.18. The molecule has 1 N–H and O–H groups in total. The van der Waals surface area contributed by atoms with Gasteiger partial charge in [-0.25, -0.2) is 0 Å². The Morgan fingerprint density at radius 3 is 2.76 bits per heavy atom. The minimum atomic E-state index is -1.21. The van der Waals surface area contributed by atoms with Gasteiger partial charge in [0.1, 0.15) is 17.1 Å². The molecule has 0 amide bonds. The molecule has 1 aromatic carbocycles. The maximum Gasteiger partial charge on any atom is 0.200 e. The first-order valence-electron chi connectivity index (χ1n) is 12.2. The molecule has 6 heteroatoms. The zero-order chi connectivity index (χ0) is 23.0. The number of nitrogens with zero attached hydrogens (tertiary/aromatic N) is 1. The highest BCUT2D eigenvalue weighted by Gasteiger charge is 2.79. The first-order valence-corrected chi connectivity index (χ1v) is 12.2. The van der Waals surface area contributed by atoms with Crippen molar-refractivity contribution in [3.05, 3.63) is 47.1 Å². The number of Topliss-reactive ketones (excluding diaryl/α,β-unsaturated/α-hetero) is 2. The fourth-order valence-corrected chi connectivity index (χ4v) is 7.01. The summed E-state index contributed by atoms with van der Waals surface area (Å²) in [5.41, 5.74) is -0.568. The molecule has 6 nitrogen and oxygen atoms in total. The van der Waals surface area contributed by atoms with Gasteiger partial charge in [0.2, 0.25) is 0 Å². The van der Waals surface area contributed by atoms with Crippen LogP contribution < -0.4 is 4.74 Å². The summed E-state index contributed by atoms with van der Waals surface area (Å²) in [7, 11) is 0. The lowest BCUT2D eigenvalue weighted by atomic mass is 9.49. The Labute approximate surface area is 194 Å². The quantitative estimate of drug-likeness (QED) is 0.707. The van der Waals surface area contributed by atoms with E-state index < -0.39 is 11.2 Å². The van der Waals surface area contributed by atoms with E-state index in [2.05, 4.69) is 4.90 Å². The number of fused-ring (bicyclic) bond motifs is 1. The van der Waals surface area contributed by atoms with Crippen molar-refractivity contribution >= 4 is 11.6 Å². The van der Waals surface area contributed by atoms with Crippen molar-refractivity contribution in [2.75, 3.05) is 26.2 Å². The van der Waals surface area contributed by atoms with Crippen LogP contribution in [0, 0.1) is 17.8 Å². The van der Waals surface area contributed by atoms with Crippen LogP contribution in [0.2, 0.25) is 0 Å². The number of phenols is 1. The Morgan fingerprint density at radius 1 is 1.21 bits per heavy atom. The van der Waals surface area contributed by atoms with E-state index in [-0.39, 0.29) is 40.6 Å². The normalized spacial score (nSPS) is 36.7. The van der Waals surface area contributed by atoms with E-state index in [4.69, 9.17) is 9.47 Å². The molecule has 7 rings (SSSR count). The van der Waals surface area contributed by atoms with Crippen LogP contribution >= 0.6 is 0 Å². The van der Waals surface area contributed by atoms with Crippen LogP contribution in [0.3, 0.4) is 0 Å². The molecule has 2 saturated heterocycles. The van der Waals surface area contributed by atoms with Crippen LogP contribution in [0.4, 0.5) is 0 Å². The Balaban J connectivity index is 1.51. The van der Waals surface area contributed by atoms with E-state index in [0.29, 0.717) is 24.4 Å². The molecule has 33 heavy (non-hydrogen) atoms. The van der Waals surface area contributed by atoms with Crippen LogP contribution in [0.15, 0.2) is 41.5 Å². The summed E-state index contributed by atoms with van der Waals surface area (Å²) >= 11 is 0. The van der Waals surface area contributed by atoms with Gasteiger partial charge in [0.15, 0.2) is 22.8 Å². The summed E-state index contributed by atoms with van der Waals surface area (Å²) in [6, 6.07) is 4.91. The number of allylic oxidation sites excluding steroid dienone is 2. The average Bonchev–Trinajstić information content (AvgIpc) is 3.08. The van der Waals surface area contributed by atoms with E-state index in [1.54, 1.807) is 12.1 Å². The van der Waals surface area contributed by atoms with Gasteiger partial charge in [0.05, 0.1) is 6.61 Å². The minimum Gasteiger partial charge on any atom is -0.507 e. The van der Waals surface area contributed by atoms with Gasteiger partial charge in [-0.2, -0.15) is 0 Å². The van der Waals surface area contributed by atoms with Crippen LogP contribution in [0.1, 0.15) is 49.9 Å². The molecule has 1 spiro atoms. The van der Waals surface area contributed by atoms with Crippen LogP contribution in [0.25, 0.3) is 0 Å². The SMILES string of the molecule is CC(C)=CC[C@@]12OC[C@@H]3[C@@H](CN4CCCCC4)[C@@H](C=C4C(=O)c5c(O)cccc5O[C@]431)C2=O. The molecule has 1 saturated carbocycles. The van der Waals surface area contributed by atoms with Gasteiger partial charge in [0, 0.05) is 30.4 Å². The number of piperidine rings is 1. The van der Waals surface area contributed by atoms with Crippen molar-refractivity contribution in [3.63, 3.8) is 0 Å². The summed E-state index contributed by atoms with van der Waals surface area (Å²) in [5, 5.41) is 10.5. The fourth-order valence-electron chi connectivity index (χ4n) is 7.01. The number of rotatable bonds is 4. The smallest absolute Gasteiger partial charge is 0.200 e. The van der Waals surface area contributed by atoms with Gasteiger partial charge in [-0.1, -0.05) is 30.2 Å². The summed E-state index contributed by atoms with van der Waals surface area (Å²) in [5.74, 6) is -0.352. The molecule has 5 atom stereocenters. The second-order valence-corrected chi connectivity index (χ2v) is 10.5. The molecule has 0 radical (unpaired) electrons. The van der Waals surface area contributed by atoms with Crippen LogP contribution in [-0.2, 0) is 9.53 Å². The van der Waals surface area contributed by atoms with Crippen molar-refractivity contribution in [2.45, 2.75) is 50.7 Å². The van der Waals surface area contributed by atoms with E-state index in [1.165, 1.54) is 25.3 Å². The maximum atomic E-state index is 14.1. The second-order valence-electron chi connectivity index (χ2n) is 10.5. The van der Waals surface area contributed by atoms with Gasteiger partial charge >= 0.3 is 0 Å². The van der Waals surface area contributed by atoms with E-state index >= 15 is 0 Å². The van der Waals surface area contributed by atoms with Crippen LogP contribution in [0.5, 0.6) is 11.5 Å². The topological polar surface area (TPSA) is 76.1 Å². The number of hydrogen-bond acceptors (Lipinski definition) is 6. The number of likely N-dealkylation sites (tertiary alicyclic amines) is 1. The Bertz CT molecular complexity index is 1100. The molecule has 4 bridgehead atoms. The molecule has 0 unspecified atom stereocenters. The third kappa shape index (κ3) is 2.68. The van der Waals surface area contributed by atoms with Crippen molar-refractivity contribution < 1.29 is 24.2 Å². The molecule has 3 fully saturated rings. The number of benzene rings is 1. The highest BCUT2D eigenvalue weighted by atomic mass is 16.6. The number of aromatic hydroxyl groups is 1. The third-order valence-corrected chi connectivity index (χ3v) is 8.52. The Kier molecular flexibility index (Phi) is 4.66. The first-order chi connectivity index (χ1) is 15.9. The van der Waals surface area contributed by atoms with Gasteiger partial charge in [-0.15, -0.1) is 0 Å². The first kappa shape index (κ1) is 21.1. The summed E-state index contributed by atoms with van der Waals surface area (Å²) in [6.07, 6.45) is 7.90. The standard InChI is InChI=1S/C27H31NO5/c1-16(2)9-10-26-25(31)17-13-19-24(30)23-21(29)7-6-8-22(23)33-27(19,26)20(15-32-26)18(17)14-28-11-4-3-5-12-28/h6-9,13,17-18,20,29H,3-5,10-12,14-15H2,1-2H3/t17-,18+,20-,26+,27-/m1/s1. The summed E-state index contributed by atoms with van der Waals surface area (Å²) < 4.78 is 13.2. The van der Waals surface area contributed by atoms with Gasteiger partial charge in [0.25, 0.3) is 0 Å². The molecule has 0 aromatic heterocycles. The Morgan fingerprint density at radius 2 is 2.00 bits per heavy atom. The molecule has 6 aliphatic rings. The predicted molar refractivity (Wildman–Crippen MR) is 122 cm³/mol. The lowest BCUT2D eigenvalue weighted by molar-refractivity contribution is -0.171. The zero-order valence-electron chi connectivity index (χ0n) is 19.3. The number of ketones is 2. The van der Waals surface area contributed by atoms with Crippen molar-refractivity contribution in [2.24, 2.45) is 17.8 Å². The lowest BCUT2D eigenvalue weighted by Crippen LogP contribution is -2.74. The summed E-state index contributed by atoms with van der Waals surface area (Å²) in [4.78, 5) is 30.3. The monoisotopic (exact) mass is 449 g/mol. The second kappa shape index (κ2) is 7.28. The molecule has 1 aromatic rings. The largest absolute Gasteiger partial charge is 0.507 e. The number of phenolic OH excluding ortho intramolecular Hbond substituents is 1. The van der Waals surface area contributed by atoms with E-state index in [0.717, 1.165) is 25.2 Å². The number of carbonyl (C=O) groups is 2. The van der Waals surface area contributed by atoms with Crippen molar-refractivity contribution in [1.29, 1.82) is 0 Å². The highest BCUT2D eigenvalue weighted by Crippen LogP contribution is 2.65. The molecule has 3 aliphatic heterocycles. The fraction of sp³-hybridized carbons (Fsp3) is 0.556. The predicted octanol–water partition coefficient (Wildman–Crippen LogP) is 3.69. The van der Waals surface area contributed by atoms with Gasteiger partial charge in [-0.3, -0.25) is 9.59 Å². The third-order valence-electron chi connectivity index (χ3n) is 8.52. The number of carbonyl (C=O) groups excluding carboxylic acids is 2. The summed E-state index contributed by atoms with van der Waals surface area (Å²) in [6.45, 7) is 7.32. The molecule has 3 aliphatic carbocycles. The molecule has 174 valence electrons. The van der Waals surface area contributed by atoms with Crippen LogP contribution in [-0.4, -0.2) is 59.0 Å². The van der Waals surface area contributed by atoms with E-state index in [1.807, 2.05) is 26.0 Å². The molecular weight excluding hydrogens is 418 g/mol. The van der Waals surface area contributed by atoms with Gasteiger partial charge < -0.3 is 19.5 Å². The van der Waals surface area contributed by atoms with Gasteiger partial charge in [-0.05, 0) is 57.8 Å². The number of ether oxygens (including phenoxy) is 2. The lowest BCUT2D eigenvalue weighted by Gasteiger charge is -2.58. The minimum absolute atomic E-state index is 0.0379. The van der Waals surface area contributed by atoms with Crippen molar-refractivity contribution in [1.82, 2.24) is 4.90 Å². The zero-order valence-corrected chi connectivity index (χ0v) is 19.3. The van der Waals surface area contributed by atoms with Crippen molar-refractivity contribution in [3.8, 4) is 11.5 Å².